The molecule has 1 aliphatic heterocycles. The largest absolute Gasteiger partial charge is 0.350 e. The van der Waals surface area contributed by atoms with Gasteiger partial charge in [-0.25, -0.2) is 4.39 Å². The van der Waals surface area contributed by atoms with Crippen molar-refractivity contribution in [2.45, 2.75) is 18.8 Å². The SMILES string of the molecule is Cc1ccccc1C1SCC(=O)N1CC(=O)NCc1ccc(F)cc1. The molecular weight excluding hydrogens is 339 g/mol. The van der Waals surface area contributed by atoms with Crippen LogP contribution in [0.3, 0.4) is 0 Å². The van der Waals surface area contributed by atoms with Crippen molar-refractivity contribution >= 4 is 23.6 Å². The number of aryl methyl sites for hydroxylation is 1. The Morgan fingerprint density at radius 2 is 1.96 bits per heavy atom. The molecule has 1 atom stereocenters. The molecule has 1 heterocycles. The Bertz CT molecular complexity index is 779. The Balaban J connectivity index is 1.63. The highest BCUT2D eigenvalue weighted by Crippen LogP contribution is 2.39. The summed E-state index contributed by atoms with van der Waals surface area (Å²) in [6.07, 6.45) is 0. The molecule has 2 aromatic carbocycles. The van der Waals surface area contributed by atoms with Crippen molar-refractivity contribution in [3.8, 4) is 0 Å². The summed E-state index contributed by atoms with van der Waals surface area (Å²) in [4.78, 5) is 26.1. The molecule has 25 heavy (non-hydrogen) atoms. The van der Waals surface area contributed by atoms with Gasteiger partial charge in [0.25, 0.3) is 0 Å². The number of carbonyl (C=O) groups is 2. The standard InChI is InChI=1S/C19H19FN2O2S/c1-13-4-2-3-5-16(13)19-22(18(24)12-25-19)11-17(23)21-10-14-6-8-15(20)9-7-14/h2-9,19H,10-12H2,1H3,(H,21,23). The third-order valence-electron chi connectivity index (χ3n) is 4.14. The third kappa shape index (κ3) is 4.20. The van der Waals surface area contributed by atoms with Crippen LogP contribution in [-0.4, -0.2) is 29.0 Å². The molecule has 4 nitrogen and oxygen atoms in total. The van der Waals surface area contributed by atoms with Crippen LogP contribution in [0.2, 0.25) is 0 Å². The number of amides is 2. The van der Waals surface area contributed by atoms with Crippen molar-refractivity contribution in [3.63, 3.8) is 0 Å². The molecule has 1 saturated heterocycles. The second-order valence-electron chi connectivity index (χ2n) is 5.94. The van der Waals surface area contributed by atoms with Gasteiger partial charge < -0.3 is 10.2 Å². The Morgan fingerprint density at radius 3 is 2.68 bits per heavy atom. The summed E-state index contributed by atoms with van der Waals surface area (Å²) < 4.78 is 12.9. The summed E-state index contributed by atoms with van der Waals surface area (Å²) >= 11 is 1.54. The molecule has 130 valence electrons. The van der Waals surface area contributed by atoms with Gasteiger partial charge in [-0.1, -0.05) is 36.4 Å². The van der Waals surface area contributed by atoms with Crippen LogP contribution >= 0.6 is 11.8 Å². The summed E-state index contributed by atoms with van der Waals surface area (Å²) in [5, 5.41) is 2.65. The van der Waals surface area contributed by atoms with Crippen molar-refractivity contribution in [1.29, 1.82) is 0 Å². The van der Waals surface area contributed by atoms with E-state index in [1.54, 1.807) is 17.0 Å². The van der Waals surface area contributed by atoms with Crippen LogP contribution in [0.5, 0.6) is 0 Å². The lowest BCUT2D eigenvalue weighted by Crippen LogP contribution is -2.39. The molecule has 2 aromatic rings. The number of rotatable bonds is 5. The van der Waals surface area contributed by atoms with Crippen LogP contribution in [0.25, 0.3) is 0 Å². The average molecular weight is 358 g/mol. The first-order valence-corrected chi connectivity index (χ1v) is 9.07. The number of thioether (sulfide) groups is 1. The van der Waals surface area contributed by atoms with Crippen molar-refractivity contribution < 1.29 is 14.0 Å². The molecule has 0 radical (unpaired) electrons. The van der Waals surface area contributed by atoms with E-state index < -0.39 is 0 Å². The van der Waals surface area contributed by atoms with E-state index >= 15 is 0 Å². The minimum absolute atomic E-state index is 0.0199. The van der Waals surface area contributed by atoms with Crippen molar-refractivity contribution in [3.05, 3.63) is 71.0 Å². The van der Waals surface area contributed by atoms with Gasteiger partial charge in [0.05, 0.1) is 5.75 Å². The first-order valence-electron chi connectivity index (χ1n) is 8.02. The van der Waals surface area contributed by atoms with E-state index in [4.69, 9.17) is 0 Å². The molecule has 3 rings (SSSR count). The lowest BCUT2D eigenvalue weighted by Gasteiger charge is -2.25. The Kier molecular flexibility index (Phi) is 5.38. The van der Waals surface area contributed by atoms with E-state index in [0.717, 1.165) is 16.7 Å². The number of hydrogen-bond donors (Lipinski definition) is 1. The molecular formula is C19H19FN2O2S. The van der Waals surface area contributed by atoms with Crippen molar-refractivity contribution in [2.24, 2.45) is 0 Å². The van der Waals surface area contributed by atoms with Crippen LogP contribution in [0.15, 0.2) is 48.5 Å². The van der Waals surface area contributed by atoms with Gasteiger partial charge in [0.15, 0.2) is 0 Å². The minimum atomic E-state index is -0.309. The monoisotopic (exact) mass is 358 g/mol. The molecule has 1 unspecified atom stereocenters. The molecule has 0 aromatic heterocycles. The Morgan fingerprint density at radius 1 is 1.24 bits per heavy atom. The molecule has 0 spiro atoms. The van der Waals surface area contributed by atoms with E-state index in [9.17, 15) is 14.0 Å². The summed E-state index contributed by atoms with van der Waals surface area (Å²) in [6, 6.07) is 13.9. The fourth-order valence-electron chi connectivity index (χ4n) is 2.76. The van der Waals surface area contributed by atoms with E-state index in [0.29, 0.717) is 12.3 Å². The first-order chi connectivity index (χ1) is 12.0. The van der Waals surface area contributed by atoms with Crippen molar-refractivity contribution in [2.75, 3.05) is 12.3 Å². The van der Waals surface area contributed by atoms with Gasteiger partial charge in [-0.3, -0.25) is 9.59 Å². The minimum Gasteiger partial charge on any atom is -0.350 e. The molecule has 0 saturated carbocycles. The molecule has 2 amide bonds. The van der Waals surface area contributed by atoms with Crippen LogP contribution in [-0.2, 0) is 16.1 Å². The zero-order valence-corrected chi connectivity index (χ0v) is 14.7. The molecule has 0 aliphatic carbocycles. The maximum absolute atomic E-state index is 12.9. The Hall–Kier alpha value is -2.34. The fraction of sp³-hybridized carbons (Fsp3) is 0.263. The quantitative estimate of drug-likeness (QED) is 0.894. The lowest BCUT2D eigenvalue weighted by atomic mass is 10.1. The maximum Gasteiger partial charge on any atom is 0.239 e. The predicted octanol–water partition coefficient (Wildman–Crippen LogP) is 3.02. The van der Waals surface area contributed by atoms with E-state index in [-0.39, 0.29) is 29.6 Å². The summed E-state index contributed by atoms with van der Waals surface area (Å²) in [6.45, 7) is 2.33. The summed E-state index contributed by atoms with van der Waals surface area (Å²) in [5.74, 6) is -0.186. The topological polar surface area (TPSA) is 49.4 Å². The number of nitrogens with zero attached hydrogens (tertiary/aromatic N) is 1. The van der Waals surface area contributed by atoms with Gasteiger partial charge in [-0.2, -0.15) is 0 Å². The number of halogens is 1. The van der Waals surface area contributed by atoms with Gasteiger partial charge in [-0.15, -0.1) is 11.8 Å². The normalized spacial score (nSPS) is 17.0. The summed E-state index contributed by atoms with van der Waals surface area (Å²) in [5.41, 5.74) is 2.98. The van der Waals surface area contributed by atoms with Gasteiger partial charge in [0, 0.05) is 6.54 Å². The molecule has 6 heteroatoms. The highest BCUT2D eigenvalue weighted by molar-refractivity contribution is 8.00. The zero-order chi connectivity index (χ0) is 17.8. The fourth-order valence-corrected chi connectivity index (χ4v) is 4.04. The van der Waals surface area contributed by atoms with Crippen LogP contribution in [0.4, 0.5) is 4.39 Å². The molecule has 1 aliphatic rings. The van der Waals surface area contributed by atoms with Crippen LogP contribution < -0.4 is 5.32 Å². The van der Waals surface area contributed by atoms with E-state index in [1.807, 2.05) is 31.2 Å². The maximum atomic E-state index is 12.9. The highest BCUT2D eigenvalue weighted by atomic mass is 32.2. The average Bonchev–Trinajstić information content (AvgIpc) is 2.95. The molecule has 1 N–H and O–H groups in total. The van der Waals surface area contributed by atoms with Gasteiger partial charge in [0.2, 0.25) is 11.8 Å². The lowest BCUT2D eigenvalue weighted by molar-refractivity contribution is -0.133. The number of benzene rings is 2. The smallest absolute Gasteiger partial charge is 0.239 e. The van der Waals surface area contributed by atoms with E-state index in [2.05, 4.69) is 5.32 Å². The number of nitrogens with one attached hydrogen (secondary N) is 1. The number of hydrogen-bond acceptors (Lipinski definition) is 3. The highest BCUT2D eigenvalue weighted by Gasteiger charge is 2.34. The van der Waals surface area contributed by atoms with Gasteiger partial charge in [-0.05, 0) is 35.7 Å². The van der Waals surface area contributed by atoms with Crippen LogP contribution in [0.1, 0.15) is 22.1 Å². The molecule has 1 fully saturated rings. The van der Waals surface area contributed by atoms with Crippen molar-refractivity contribution in [1.82, 2.24) is 10.2 Å². The molecule has 0 bridgehead atoms. The third-order valence-corrected chi connectivity index (χ3v) is 5.38. The first kappa shape index (κ1) is 17.5. The Labute approximate surface area is 150 Å². The van der Waals surface area contributed by atoms with E-state index in [1.165, 1.54) is 23.9 Å². The summed E-state index contributed by atoms with van der Waals surface area (Å²) in [7, 11) is 0. The predicted molar refractivity (Wildman–Crippen MR) is 96.3 cm³/mol. The second-order valence-corrected chi connectivity index (χ2v) is 7.01. The van der Waals surface area contributed by atoms with Crippen LogP contribution in [0, 0.1) is 12.7 Å². The van der Waals surface area contributed by atoms with Gasteiger partial charge in [0.1, 0.15) is 17.7 Å². The van der Waals surface area contributed by atoms with Gasteiger partial charge >= 0.3 is 0 Å². The second kappa shape index (κ2) is 7.70. The number of carbonyl (C=O) groups excluding carboxylic acids is 2. The zero-order valence-electron chi connectivity index (χ0n) is 13.9.